The maximum atomic E-state index is 6.09. The Morgan fingerprint density at radius 3 is 2.91 bits per heavy atom. The third kappa shape index (κ3) is 2.80. The zero-order chi connectivity index (χ0) is 15.5. The lowest BCUT2D eigenvalue weighted by molar-refractivity contribution is 0.414. The molecule has 2 heterocycles. The average Bonchev–Trinajstić information content (AvgIpc) is 3.11. The molecule has 22 heavy (non-hydrogen) atoms. The number of methoxy groups -OCH3 is 1. The van der Waals surface area contributed by atoms with Gasteiger partial charge < -0.3 is 15.0 Å². The van der Waals surface area contributed by atoms with Gasteiger partial charge in [0, 0.05) is 5.75 Å². The molecule has 0 atom stereocenters. The summed E-state index contributed by atoms with van der Waals surface area (Å²) < 4.78 is 12.0. The molecule has 0 spiro atoms. The Labute approximate surface area is 132 Å². The summed E-state index contributed by atoms with van der Waals surface area (Å²) >= 11 is 1.52. The minimum absolute atomic E-state index is 0.597. The van der Waals surface area contributed by atoms with Crippen molar-refractivity contribution in [2.75, 3.05) is 13.0 Å². The van der Waals surface area contributed by atoms with Crippen LogP contribution in [0.3, 0.4) is 0 Å². The normalized spacial score (nSPS) is 10.8. The first-order valence-electron chi connectivity index (χ1n) is 6.69. The van der Waals surface area contributed by atoms with E-state index in [1.165, 1.54) is 16.4 Å². The number of hydrogen-bond donors (Lipinski definition) is 1. The zero-order valence-electron chi connectivity index (χ0n) is 12.3. The molecule has 3 aromatic rings. The Hall–Kier alpha value is -2.41. The lowest BCUT2D eigenvalue weighted by Gasteiger charge is -2.05. The molecule has 7 heteroatoms. The summed E-state index contributed by atoms with van der Waals surface area (Å²) in [6.45, 7) is 1.87. The summed E-state index contributed by atoms with van der Waals surface area (Å²) in [6, 6.07) is 9.74. The molecule has 0 amide bonds. The van der Waals surface area contributed by atoms with Crippen LogP contribution in [0.2, 0.25) is 0 Å². The Morgan fingerprint density at radius 2 is 2.18 bits per heavy atom. The fourth-order valence-corrected chi connectivity index (χ4v) is 2.89. The van der Waals surface area contributed by atoms with E-state index in [-0.39, 0.29) is 0 Å². The molecule has 6 nitrogen and oxygen atoms in total. The van der Waals surface area contributed by atoms with E-state index in [0.29, 0.717) is 11.0 Å². The standard InChI is InChI=1S/C15H16N4O2S/c1-10-13(6-7-21-10)14-17-18-15(19(14)16)22-9-11-4-3-5-12(8-11)20-2/h3-8H,9,16H2,1-2H3. The lowest BCUT2D eigenvalue weighted by atomic mass is 10.2. The summed E-state index contributed by atoms with van der Waals surface area (Å²) in [5.74, 6) is 9.02. The number of ether oxygens (including phenoxy) is 1. The first kappa shape index (κ1) is 14.5. The number of furan rings is 1. The van der Waals surface area contributed by atoms with E-state index in [1.807, 2.05) is 37.3 Å². The molecule has 114 valence electrons. The van der Waals surface area contributed by atoms with Crippen molar-refractivity contribution < 1.29 is 9.15 Å². The Kier molecular flexibility index (Phi) is 4.06. The summed E-state index contributed by atoms with van der Waals surface area (Å²) in [5.41, 5.74) is 1.98. The van der Waals surface area contributed by atoms with Crippen LogP contribution in [0.15, 0.2) is 46.2 Å². The molecule has 0 fully saturated rings. The van der Waals surface area contributed by atoms with Crippen molar-refractivity contribution in [3.63, 3.8) is 0 Å². The second kappa shape index (κ2) is 6.15. The molecule has 2 aromatic heterocycles. The van der Waals surface area contributed by atoms with Crippen molar-refractivity contribution in [3.05, 3.63) is 47.9 Å². The van der Waals surface area contributed by atoms with E-state index in [1.54, 1.807) is 13.4 Å². The van der Waals surface area contributed by atoms with Crippen molar-refractivity contribution in [3.8, 4) is 17.1 Å². The van der Waals surface area contributed by atoms with Crippen LogP contribution in [0, 0.1) is 6.92 Å². The van der Waals surface area contributed by atoms with Crippen LogP contribution in [0.1, 0.15) is 11.3 Å². The smallest absolute Gasteiger partial charge is 0.210 e. The summed E-state index contributed by atoms with van der Waals surface area (Å²) in [4.78, 5) is 0. The van der Waals surface area contributed by atoms with Gasteiger partial charge in [0.2, 0.25) is 5.16 Å². The van der Waals surface area contributed by atoms with Crippen molar-refractivity contribution in [1.29, 1.82) is 0 Å². The van der Waals surface area contributed by atoms with Gasteiger partial charge >= 0.3 is 0 Å². The van der Waals surface area contributed by atoms with E-state index >= 15 is 0 Å². The van der Waals surface area contributed by atoms with E-state index in [2.05, 4.69) is 10.2 Å². The maximum Gasteiger partial charge on any atom is 0.210 e. The van der Waals surface area contributed by atoms with Gasteiger partial charge in [-0.3, -0.25) is 0 Å². The molecule has 0 aliphatic carbocycles. The van der Waals surface area contributed by atoms with Gasteiger partial charge in [-0.05, 0) is 30.7 Å². The highest BCUT2D eigenvalue weighted by Gasteiger charge is 2.15. The third-order valence-electron chi connectivity index (χ3n) is 3.27. The van der Waals surface area contributed by atoms with Gasteiger partial charge in [-0.2, -0.15) is 0 Å². The van der Waals surface area contributed by atoms with Gasteiger partial charge in [-0.1, -0.05) is 23.9 Å². The van der Waals surface area contributed by atoms with Gasteiger partial charge in [-0.15, -0.1) is 10.2 Å². The molecule has 0 saturated carbocycles. The van der Waals surface area contributed by atoms with Gasteiger partial charge in [0.15, 0.2) is 5.82 Å². The van der Waals surface area contributed by atoms with Gasteiger partial charge in [-0.25, -0.2) is 4.68 Å². The Bertz CT molecular complexity index is 781. The molecule has 0 aliphatic heterocycles. The van der Waals surface area contributed by atoms with Crippen molar-refractivity contribution in [2.45, 2.75) is 17.8 Å². The molecule has 0 unspecified atom stereocenters. The van der Waals surface area contributed by atoms with Gasteiger partial charge in [0.1, 0.15) is 11.5 Å². The van der Waals surface area contributed by atoms with E-state index in [0.717, 1.165) is 28.4 Å². The topological polar surface area (TPSA) is 79.1 Å². The second-order valence-corrected chi connectivity index (χ2v) is 5.65. The van der Waals surface area contributed by atoms with Crippen LogP contribution in [-0.2, 0) is 5.75 Å². The van der Waals surface area contributed by atoms with Crippen LogP contribution in [-0.4, -0.2) is 22.0 Å². The Morgan fingerprint density at radius 1 is 1.32 bits per heavy atom. The molecule has 2 N–H and O–H groups in total. The predicted octanol–water partition coefficient (Wildman–Crippen LogP) is 2.86. The molecule has 0 saturated heterocycles. The highest BCUT2D eigenvalue weighted by atomic mass is 32.2. The second-order valence-electron chi connectivity index (χ2n) is 4.71. The molecule has 1 aromatic carbocycles. The summed E-state index contributed by atoms with van der Waals surface area (Å²) in [6.07, 6.45) is 1.61. The van der Waals surface area contributed by atoms with Crippen molar-refractivity contribution in [1.82, 2.24) is 14.9 Å². The monoisotopic (exact) mass is 316 g/mol. The fourth-order valence-electron chi connectivity index (χ4n) is 2.09. The molecular weight excluding hydrogens is 300 g/mol. The van der Waals surface area contributed by atoms with Crippen LogP contribution < -0.4 is 10.6 Å². The van der Waals surface area contributed by atoms with Gasteiger partial charge in [0.25, 0.3) is 0 Å². The molecule has 0 aliphatic rings. The SMILES string of the molecule is COc1cccc(CSc2nnc(-c3ccoc3C)n2N)c1. The minimum atomic E-state index is 0.597. The quantitative estimate of drug-likeness (QED) is 0.576. The number of benzene rings is 1. The average molecular weight is 316 g/mol. The molecular formula is C15H16N4O2S. The van der Waals surface area contributed by atoms with Gasteiger partial charge in [0.05, 0.1) is 18.9 Å². The van der Waals surface area contributed by atoms with Crippen molar-refractivity contribution in [2.24, 2.45) is 0 Å². The number of nitrogens with two attached hydrogens (primary N) is 1. The number of thioether (sulfide) groups is 1. The lowest BCUT2D eigenvalue weighted by Crippen LogP contribution is -2.11. The number of rotatable bonds is 5. The Balaban J connectivity index is 1.76. The maximum absolute atomic E-state index is 6.09. The van der Waals surface area contributed by atoms with Crippen molar-refractivity contribution >= 4 is 11.8 Å². The largest absolute Gasteiger partial charge is 0.497 e. The number of nitrogens with zero attached hydrogens (tertiary/aromatic N) is 3. The molecule has 0 bridgehead atoms. The summed E-state index contributed by atoms with van der Waals surface area (Å²) in [5, 5.41) is 8.95. The highest BCUT2D eigenvalue weighted by molar-refractivity contribution is 7.98. The fraction of sp³-hybridized carbons (Fsp3) is 0.200. The van der Waals surface area contributed by atoms with E-state index < -0.39 is 0 Å². The third-order valence-corrected chi connectivity index (χ3v) is 4.28. The zero-order valence-corrected chi connectivity index (χ0v) is 13.1. The van der Waals surface area contributed by atoms with E-state index in [4.69, 9.17) is 15.0 Å². The first-order chi connectivity index (χ1) is 10.7. The minimum Gasteiger partial charge on any atom is -0.497 e. The molecule has 3 rings (SSSR count). The summed E-state index contributed by atoms with van der Waals surface area (Å²) in [7, 11) is 1.66. The number of nitrogen functional groups attached to an aromatic ring is 1. The predicted molar refractivity (Wildman–Crippen MR) is 85.2 cm³/mol. The highest BCUT2D eigenvalue weighted by Crippen LogP contribution is 2.27. The van der Waals surface area contributed by atoms with Crippen LogP contribution in [0.4, 0.5) is 0 Å². The van der Waals surface area contributed by atoms with Crippen LogP contribution in [0.5, 0.6) is 5.75 Å². The van der Waals surface area contributed by atoms with E-state index in [9.17, 15) is 0 Å². The van der Waals surface area contributed by atoms with Crippen LogP contribution in [0.25, 0.3) is 11.4 Å². The molecule has 0 radical (unpaired) electrons. The number of hydrogen-bond acceptors (Lipinski definition) is 6. The van der Waals surface area contributed by atoms with Crippen LogP contribution >= 0.6 is 11.8 Å². The first-order valence-corrected chi connectivity index (χ1v) is 7.68. The number of aryl methyl sites for hydroxylation is 1. The number of aromatic nitrogens is 3.